The summed E-state index contributed by atoms with van der Waals surface area (Å²) in [5, 5.41) is 2.19. The number of ether oxygens (including phenoxy) is 1. The van der Waals surface area contributed by atoms with Crippen molar-refractivity contribution in [1.82, 2.24) is 4.90 Å². The highest BCUT2D eigenvalue weighted by molar-refractivity contribution is 6.33. The van der Waals surface area contributed by atoms with Crippen LogP contribution in [0.4, 0.5) is 0 Å². The predicted molar refractivity (Wildman–Crippen MR) is 92.2 cm³/mol. The van der Waals surface area contributed by atoms with Crippen molar-refractivity contribution >= 4 is 28.2 Å². The maximum Gasteiger partial charge on any atom is 0.261 e. The van der Waals surface area contributed by atoms with Crippen molar-refractivity contribution in [2.24, 2.45) is 5.92 Å². The largest absolute Gasteiger partial charge is 0.381 e. The summed E-state index contributed by atoms with van der Waals surface area (Å²) in [5.74, 6) is -0.0348. The number of rotatable bonds is 3. The van der Waals surface area contributed by atoms with Crippen LogP contribution in [-0.4, -0.2) is 36.5 Å². The third-order valence-corrected chi connectivity index (χ3v) is 4.85. The van der Waals surface area contributed by atoms with Crippen LogP contribution in [0.25, 0.3) is 16.3 Å². The van der Waals surface area contributed by atoms with Crippen LogP contribution in [0, 0.1) is 5.92 Å². The molecule has 0 unspecified atom stereocenters. The fraction of sp³-hybridized carbons (Fsp3) is 0.300. The number of nitrogens with zero attached hydrogens (tertiary/aromatic N) is 1. The van der Waals surface area contributed by atoms with Gasteiger partial charge in [-0.25, -0.2) is 0 Å². The first kappa shape index (κ1) is 15.1. The van der Waals surface area contributed by atoms with E-state index in [-0.39, 0.29) is 11.8 Å². The lowest BCUT2D eigenvalue weighted by Gasteiger charge is -2.26. The van der Waals surface area contributed by atoms with E-state index >= 15 is 0 Å². The van der Waals surface area contributed by atoms with Gasteiger partial charge in [0.2, 0.25) is 0 Å². The lowest BCUT2D eigenvalue weighted by molar-refractivity contribution is -0.137. The fourth-order valence-electron chi connectivity index (χ4n) is 3.43. The van der Waals surface area contributed by atoms with Crippen LogP contribution in [-0.2, 0) is 14.3 Å². The number of hydrogen-bond acceptors (Lipinski definition) is 3. The molecule has 1 saturated heterocycles. The molecule has 2 aromatic carbocycles. The van der Waals surface area contributed by atoms with E-state index in [1.54, 1.807) is 0 Å². The number of benzene rings is 2. The van der Waals surface area contributed by atoms with Crippen LogP contribution >= 0.6 is 0 Å². The Morgan fingerprint density at radius 1 is 1.00 bits per heavy atom. The second-order valence-corrected chi connectivity index (χ2v) is 6.43. The molecule has 2 aliphatic heterocycles. The molecule has 0 N–H and O–H groups in total. The summed E-state index contributed by atoms with van der Waals surface area (Å²) in [4.78, 5) is 26.4. The van der Waals surface area contributed by atoms with E-state index in [1.165, 1.54) is 11.0 Å². The van der Waals surface area contributed by atoms with Crippen molar-refractivity contribution in [1.29, 1.82) is 0 Å². The van der Waals surface area contributed by atoms with E-state index in [1.807, 2.05) is 42.5 Å². The Hall–Kier alpha value is -2.46. The second kappa shape index (κ2) is 6.21. The summed E-state index contributed by atoms with van der Waals surface area (Å²) < 4.78 is 5.35. The van der Waals surface area contributed by atoms with Gasteiger partial charge in [-0.05, 0) is 41.2 Å². The lowest BCUT2D eigenvalue weighted by Crippen LogP contribution is -2.37. The molecule has 24 heavy (non-hydrogen) atoms. The third kappa shape index (κ3) is 2.74. The average Bonchev–Trinajstić information content (AvgIpc) is 2.90. The molecule has 2 aromatic rings. The molecule has 4 rings (SSSR count). The van der Waals surface area contributed by atoms with Crippen molar-refractivity contribution in [2.75, 3.05) is 19.8 Å². The molecule has 0 aromatic heterocycles. The number of imide groups is 1. The van der Waals surface area contributed by atoms with Crippen LogP contribution in [0.3, 0.4) is 0 Å². The Morgan fingerprint density at radius 3 is 2.54 bits per heavy atom. The Balaban J connectivity index is 1.58. The summed E-state index contributed by atoms with van der Waals surface area (Å²) in [5.41, 5.74) is 1.30. The first-order valence-corrected chi connectivity index (χ1v) is 8.37. The predicted octanol–water partition coefficient (Wildman–Crippen LogP) is 3.02. The average molecular weight is 321 g/mol. The maximum absolute atomic E-state index is 12.7. The molecule has 0 saturated carbocycles. The van der Waals surface area contributed by atoms with E-state index in [2.05, 4.69) is 0 Å². The zero-order valence-electron chi connectivity index (χ0n) is 13.4. The van der Waals surface area contributed by atoms with Crippen molar-refractivity contribution in [3.8, 4) is 0 Å². The number of hydrogen-bond donors (Lipinski definition) is 0. The van der Waals surface area contributed by atoms with E-state index in [0.29, 0.717) is 31.2 Å². The van der Waals surface area contributed by atoms with Crippen LogP contribution in [0.1, 0.15) is 18.4 Å². The van der Waals surface area contributed by atoms with Crippen LogP contribution in [0.2, 0.25) is 0 Å². The number of carbonyl (C=O) groups is 2. The highest BCUT2D eigenvalue weighted by Crippen LogP contribution is 2.28. The standard InChI is InChI=1S/C20H19NO3/c22-19-12-18(17-6-5-15-3-1-2-4-16(15)11-17)20(23)21(19)13-14-7-9-24-10-8-14/h1-6,11-12,14H,7-10,13H2. The van der Waals surface area contributed by atoms with Gasteiger partial charge >= 0.3 is 0 Å². The molecular weight excluding hydrogens is 302 g/mol. The van der Waals surface area contributed by atoms with Gasteiger partial charge in [-0.3, -0.25) is 14.5 Å². The molecule has 0 aliphatic carbocycles. The minimum Gasteiger partial charge on any atom is -0.381 e. The number of carbonyl (C=O) groups excluding carboxylic acids is 2. The highest BCUT2D eigenvalue weighted by atomic mass is 16.5. The highest BCUT2D eigenvalue weighted by Gasteiger charge is 2.33. The first-order valence-electron chi connectivity index (χ1n) is 8.37. The summed E-state index contributed by atoms with van der Waals surface area (Å²) in [6.45, 7) is 1.92. The number of amides is 2. The molecule has 4 nitrogen and oxygen atoms in total. The topological polar surface area (TPSA) is 46.6 Å². The van der Waals surface area contributed by atoms with Crippen molar-refractivity contribution in [3.63, 3.8) is 0 Å². The molecule has 2 amide bonds. The van der Waals surface area contributed by atoms with Crippen LogP contribution < -0.4 is 0 Å². The molecule has 0 bridgehead atoms. The van der Waals surface area contributed by atoms with Gasteiger partial charge in [-0.2, -0.15) is 0 Å². The normalized spacial score (nSPS) is 19.2. The van der Waals surface area contributed by atoms with Crippen LogP contribution in [0.5, 0.6) is 0 Å². The summed E-state index contributed by atoms with van der Waals surface area (Å²) in [7, 11) is 0. The van der Waals surface area contributed by atoms with Crippen molar-refractivity contribution < 1.29 is 14.3 Å². The van der Waals surface area contributed by atoms with Gasteiger partial charge in [0, 0.05) is 25.8 Å². The minimum atomic E-state index is -0.199. The van der Waals surface area contributed by atoms with E-state index in [4.69, 9.17) is 4.74 Å². The molecule has 122 valence electrons. The summed E-state index contributed by atoms with van der Waals surface area (Å²) >= 11 is 0. The quantitative estimate of drug-likeness (QED) is 0.817. The smallest absolute Gasteiger partial charge is 0.261 e. The minimum absolute atomic E-state index is 0.179. The number of fused-ring (bicyclic) bond motifs is 1. The van der Waals surface area contributed by atoms with Gasteiger partial charge < -0.3 is 4.74 Å². The van der Waals surface area contributed by atoms with E-state index in [0.717, 1.165) is 29.2 Å². The van der Waals surface area contributed by atoms with Gasteiger partial charge in [-0.15, -0.1) is 0 Å². The van der Waals surface area contributed by atoms with E-state index < -0.39 is 0 Å². The van der Waals surface area contributed by atoms with Gasteiger partial charge in [0.25, 0.3) is 11.8 Å². The Morgan fingerprint density at radius 2 is 1.75 bits per heavy atom. The Bertz CT molecular complexity index is 834. The van der Waals surface area contributed by atoms with Gasteiger partial charge in [-0.1, -0.05) is 36.4 Å². The fourth-order valence-corrected chi connectivity index (χ4v) is 3.43. The second-order valence-electron chi connectivity index (χ2n) is 6.43. The molecule has 0 radical (unpaired) electrons. The van der Waals surface area contributed by atoms with Gasteiger partial charge in [0.1, 0.15) is 0 Å². The summed E-state index contributed by atoms with van der Waals surface area (Å²) in [6.07, 6.45) is 3.29. The molecule has 0 spiro atoms. The van der Waals surface area contributed by atoms with E-state index in [9.17, 15) is 9.59 Å². The maximum atomic E-state index is 12.7. The van der Waals surface area contributed by atoms with Crippen molar-refractivity contribution in [2.45, 2.75) is 12.8 Å². The third-order valence-electron chi connectivity index (χ3n) is 4.85. The molecule has 4 heteroatoms. The Kier molecular flexibility index (Phi) is 3.90. The molecule has 0 atom stereocenters. The molecule has 2 heterocycles. The monoisotopic (exact) mass is 321 g/mol. The molecule has 2 aliphatic rings. The Labute approximate surface area is 140 Å². The van der Waals surface area contributed by atoms with Crippen molar-refractivity contribution in [3.05, 3.63) is 54.1 Å². The van der Waals surface area contributed by atoms with Gasteiger partial charge in [0.05, 0.1) is 5.57 Å². The molecule has 1 fully saturated rings. The lowest BCUT2D eigenvalue weighted by atomic mass is 9.99. The van der Waals surface area contributed by atoms with Gasteiger partial charge in [0.15, 0.2) is 0 Å². The first-order chi connectivity index (χ1) is 11.7. The zero-order valence-corrected chi connectivity index (χ0v) is 13.4. The zero-order chi connectivity index (χ0) is 16.5. The molecular formula is C20H19NO3. The van der Waals surface area contributed by atoms with Crippen LogP contribution in [0.15, 0.2) is 48.5 Å². The SMILES string of the molecule is O=C1C=C(c2ccc3ccccc3c2)C(=O)N1CC1CCOCC1. The summed E-state index contributed by atoms with van der Waals surface area (Å²) in [6, 6.07) is 13.9.